The van der Waals surface area contributed by atoms with Crippen LogP contribution in [0.5, 0.6) is 11.5 Å². The molecule has 0 fully saturated rings. The average Bonchev–Trinajstić information content (AvgIpc) is 2.43. The van der Waals surface area contributed by atoms with Gasteiger partial charge in [-0.2, -0.15) is 0 Å². The molecule has 0 spiro atoms. The fraction of sp³-hybridized carbons (Fsp3) is 0.200. The molecule has 0 aliphatic heterocycles. The van der Waals surface area contributed by atoms with E-state index in [2.05, 4.69) is 15.9 Å². The molecule has 3 heteroatoms. The molecule has 0 saturated heterocycles. The minimum Gasteiger partial charge on any atom is -0.497 e. The van der Waals surface area contributed by atoms with Crippen LogP contribution < -0.4 is 9.47 Å². The standard InChI is InChI=1S/C8H9BrO.C7H8O/c1-6-3-4-7(9)8(5-6)10-2;1-8-7-5-3-2-4-6-7/h3-5H,1-2H3;2-6H,1H3. The molecule has 0 aliphatic carbocycles. The van der Waals surface area contributed by atoms with Crippen molar-refractivity contribution in [3.05, 3.63) is 58.6 Å². The van der Waals surface area contributed by atoms with Gasteiger partial charge in [0.15, 0.2) is 0 Å². The van der Waals surface area contributed by atoms with Crippen molar-refractivity contribution in [1.82, 2.24) is 0 Å². The summed E-state index contributed by atoms with van der Waals surface area (Å²) in [6.07, 6.45) is 0. The Bertz CT molecular complexity index is 469. The molecule has 0 atom stereocenters. The molecular weight excluding hydrogens is 292 g/mol. The molecule has 0 N–H and O–H groups in total. The van der Waals surface area contributed by atoms with Crippen molar-refractivity contribution in [2.45, 2.75) is 6.92 Å². The molecule has 0 aromatic heterocycles. The lowest BCUT2D eigenvalue weighted by Crippen LogP contribution is -1.84. The smallest absolute Gasteiger partial charge is 0.133 e. The summed E-state index contributed by atoms with van der Waals surface area (Å²) in [4.78, 5) is 0. The van der Waals surface area contributed by atoms with E-state index in [9.17, 15) is 0 Å². The van der Waals surface area contributed by atoms with Crippen LogP contribution in [0.2, 0.25) is 0 Å². The summed E-state index contributed by atoms with van der Waals surface area (Å²) in [5.74, 6) is 1.80. The Hall–Kier alpha value is -1.48. The van der Waals surface area contributed by atoms with E-state index in [4.69, 9.17) is 9.47 Å². The predicted octanol–water partition coefficient (Wildman–Crippen LogP) is 4.46. The molecular formula is C15H17BrO2. The molecule has 2 aromatic carbocycles. The van der Waals surface area contributed by atoms with Crippen molar-refractivity contribution in [3.63, 3.8) is 0 Å². The van der Waals surface area contributed by atoms with Gasteiger partial charge in [0.1, 0.15) is 11.5 Å². The SMILES string of the molecule is COc1cc(C)ccc1Br.COc1ccccc1. The van der Waals surface area contributed by atoms with Crippen LogP contribution >= 0.6 is 15.9 Å². The van der Waals surface area contributed by atoms with Gasteiger partial charge >= 0.3 is 0 Å². The van der Waals surface area contributed by atoms with Gasteiger partial charge in [-0.05, 0) is 52.7 Å². The Balaban J connectivity index is 0.000000184. The molecule has 2 aromatic rings. The first-order valence-corrected chi connectivity index (χ1v) is 6.36. The Morgan fingerprint density at radius 2 is 1.56 bits per heavy atom. The van der Waals surface area contributed by atoms with Crippen molar-refractivity contribution >= 4 is 15.9 Å². The monoisotopic (exact) mass is 308 g/mol. The molecule has 0 unspecified atom stereocenters. The van der Waals surface area contributed by atoms with Crippen LogP contribution in [-0.4, -0.2) is 14.2 Å². The van der Waals surface area contributed by atoms with E-state index in [0.29, 0.717) is 0 Å². The van der Waals surface area contributed by atoms with Crippen LogP contribution in [0.3, 0.4) is 0 Å². The lowest BCUT2D eigenvalue weighted by Gasteiger charge is -2.02. The zero-order valence-corrected chi connectivity index (χ0v) is 12.4. The maximum atomic E-state index is 5.08. The lowest BCUT2D eigenvalue weighted by molar-refractivity contribution is 0.412. The summed E-state index contributed by atoms with van der Waals surface area (Å²) in [5, 5.41) is 0. The summed E-state index contributed by atoms with van der Waals surface area (Å²) in [5.41, 5.74) is 1.21. The van der Waals surface area contributed by atoms with E-state index < -0.39 is 0 Å². The normalized spacial score (nSPS) is 9.11. The van der Waals surface area contributed by atoms with Crippen LogP contribution in [0, 0.1) is 6.92 Å². The van der Waals surface area contributed by atoms with E-state index >= 15 is 0 Å². The summed E-state index contributed by atoms with van der Waals surface area (Å²) in [6.45, 7) is 2.04. The number of halogens is 1. The zero-order valence-electron chi connectivity index (χ0n) is 10.8. The van der Waals surface area contributed by atoms with Crippen molar-refractivity contribution < 1.29 is 9.47 Å². The number of hydrogen-bond donors (Lipinski definition) is 0. The van der Waals surface area contributed by atoms with Gasteiger partial charge in [-0.1, -0.05) is 24.3 Å². The van der Waals surface area contributed by atoms with Crippen molar-refractivity contribution in [3.8, 4) is 11.5 Å². The second-order valence-electron chi connectivity index (χ2n) is 3.66. The number of methoxy groups -OCH3 is 2. The molecule has 0 aliphatic rings. The first-order valence-electron chi connectivity index (χ1n) is 5.56. The summed E-state index contributed by atoms with van der Waals surface area (Å²) >= 11 is 3.37. The minimum absolute atomic E-state index is 0.889. The van der Waals surface area contributed by atoms with Crippen LogP contribution in [-0.2, 0) is 0 Å². The maximum Gasteiger partial charge on any atom is 0.133 e. The van der Waals surface area contributed by atoms with Crippen LogP contribution in [0.4, 0.5) is 0 Å². The van der Waals surface area contributed by atoms with Gasteiger partial charge in [-0.3, -0.25) is 0 Å². The summed E-state index contributed by atoms with van der Waals surface area (Å²) in [7, 11) is 3.33. The number of para-hydroxylation sites is 1. The van der Waals surface area contributed by atoms with E-state index in [1.165, 1.54) is 5.56 Å². The maximum absolute atomic E-state index is 5.08. The molecule has 18 heavy (non-hydrogen) atoms. The van der Waals surface area contributed by atoms with Crippen molar-refractivity contribution in [1.29, 1.82) is 0 Å². The third-order valence-electron chi connectivity index (χ3n) is 2.29. The highest BCUT2D eigenvalue weighted by Crippen LogP contribution is 2.24. The minimum atomic E-state index is 0.889. The van der Waals surface area contributed by atoms with E-state index in [-0.39, 0.29) is 0 Å². The molecule has 2 nitrogen and oxygen atoms in total. The lowest BCUT2D eigenvalue weighted by atomic mass is 10.2. The first kappa shape index (κ1) is 14.6. The van der Waals surface area contributed by atoms with E-state index in [1.807, 2.05) is 55.5 Å². The number of aryl methyl sites for hydroxylation is 1. The fourth-order valence-corrected chi connectivity index (χ4v) is 1.73. The van der Waals surface area contributed by atoms with Crippen LogP contribution in [0.15, 0.2) is 53.0 Å². The first-order chi connectivity index (χ1) is 8.67. The number of rotatable bonds is 2. The summed E-state index contributed by atoms with van der Waals surface area (Å²) < 4.78 is 11.0. The number of hydrogen-bond acceptors (Lipinski definition) is 2. The predicted molar refractivity (Wildman–Crippen MR) is 78.4 cm³/mol. The van der Waals surface area contributed by atoms with Gasteiger partial charge in [0, 0.05) is 0 Å². The van der Waals surface area contributed by atoms with E-state index in [1.54, 1.807) is 14.2 Å². The molecule has 0 heterocycles. The van der Waals surface area contributed by atoms with Gasteiger partial charge in [0.25, 0.3) is 0 Å². The van der Waals surface area contributed by atoms with Gasteiger partial charge in [0.2, 0.25) is 0 Å². The molecule has 0 bridgehead atoms. The fourth-order valence-electron chi connectivity index (χ4n) is 1.32. The molecule has 0 radical (unpaired) electrons. The zero-order chi connectivity index (χ0) is 13.4. The second-order valence-corrected chi connectivity index (χ2v) is 4.51. The molecule has 96 valence electrons. The Kier molecular flexibility index (Phi) is 6.29. The average molecular weight is 309 g/mol. The van der Waals surface area contributed by atoms with Crippen molar-refractivity contribution in [2.24, 2.45) is 0 Å². The third kappa shape index (κ3) is 4.80. The highest BCUT2D eigenvalue weighted by atomic mass is 79.9. The molecule has 2 rings (SSSR count). The molecule has 0 amide bonds. The van der Waals surface area contributed by atoms with E-state index in [0.717, 1.165) is 16.0 Å². The number of benzene rings is 2. The van der Waals surface area contributed by atoms with Crippen molar-refractivity contribution in [2.75, 3.05) is 14.2 Å². The van der Waals surface area contributed by atoms with Gasteiger partial charge < -0.3 is 9.47 Å². The Labute approximate surface area is 117 Å². The van der Waals surface area contributed by atoms with Gasteiger partial charge in [-0.15, -0.1) is 0 Å². The Morgan fingerprint density at radius 3 is 2.00 bits per heavy atom. The van der Waals surface area contributed by atoms with Crippen LogP contribution in [0.25, 0.3) is 0 Å². The largest absolute Gasteiger partial charge is 0.497 e. The second kappa shape index (κ2) is 7.77. The highest BCUT2D eigenvalue weighted by molar-refractivity contribution is 9.10. The molecule has 0 saturated carbocycles. The topological polar surface area (TPSA) is 18.5 Å². The van der Waals surface area contributed by atoms with Crippen LogP contribution in [0.1, 0.15) is 5.56 Å². The third-order valence-corrected chi connectivity index (χ3v) is 2.94. The number of ether oxygens (including phenoxy) is 2. The Morgan fingerprint density at radius 1 is 0.889 bits per heavy atom. The highest BCUT2D eigenvalue weighted by Gasteiger charge is 1.96. The summed E-state index contributed by atoms with van der Waals surface area (Å²) in [6, 6.07) is 15.7. The van der Waals surface area contributed by atoms with Gasteiger partial charge in [-0.25, -0.2) is 0 Å². The quantitative estimate of drug-likeness (QED) is 0.815. The van der Waals surface area contributed by atoms with Gasteiger partial charge in [0.05, 0.1) is 18.7 Å².